The van der Waals surface area contributed by atoms with Crippen molar-refractivity contribution in [3.05, 3.63) is 64.4 Å². The van der Waals surface area contributed by atoms with Gasteiger partial charge in [0.05, 0.1) is 22.4 Å². The van der Waals surface area contributed by atoms with Gasteiger partial charge in [0.25, 0.3) is 11.8 Å². The number of rotatable bonds is 6. The number of nitrogens with one attached hydrogen (secondary N) is 2. The highest BCUT2D eigenvalue weighted by Crippen LogP contribution is 2.35. The van der Waals surface area contributed by atoms with Crippen LogP contribution in [0.2, 0.25) is 0 Å². The predicted octanol–water partition coefficient (Wildman–Crippen LogP) is 5.35. The minimum Gasteiger partial charge on any atom is -0.478 e. The van der Waals surface area contributed by atoms with Crippen LogP contribution in [0.3, 0.4) is 0 Å². The van der Waals surface area contributed by atoms with Crippen LogP contribution in [0, 0.1) is 4.78 Å². The van der Waals surface area contributed by atoms with Crippen molar-refractivity contribution in [1.29, 1.82) is 4.78 Å². The Balaban J connectivity index is 2.02. The molecule has 8 nitrogen and oxygen atoms in total. The SMILES string of the molecule is COc1nc(Br)ccc1Oc1ncc(C(F)(F)F)cc1C(=O)Nc1cccc(S(C)(=N)=O)c1. The number of pyridine rings is 2. The largest absolute Gasteiger partial charge is 0.478 e. The number of halogens is 4. The Bertz CT molecular complexity index is 1320. The summed E-state index contributed by atoms with van der Waals surface area (Å²) < 4.78 is 70.5. The molecule has 3 aromatic rings. The first-order chi connectivity index (χ1) is 15.4. The van der Waals surface area contributed by atoms with Crippen LogP contribution in [0.15, 0.2) is 58.2 Å². The highest BCUT2D eigenvalue weighted by Gasteiger charge is 2.33. The number of carbonyl (C=O) groups excluding carboxylic acids is 1. The topological polar surface area (TPSA) is 114 Å². The number of nitrogens with zero attached hydrogens (tertiary/aromatic N) is 2. The monoisotopic (exact) mass is 544 g/mol. The Morgan fingerprint density at radius 2 is 1.91 bits per heavy atom. The lowest BCUT2D eigenvalue weighted by molar-refractivity contribution is -0.137. The molecule has 13 heteroatoms. The number of hydrogen-bond donors (Lipinski definition) is 2. The molecule has 2 N–H and O–H groups in total. The summed E-state index contributed by atoms with van der Waals surface area (Å²) in [6.07, 6.45) is -3.01. The number of methoxy groups -OCH3 is 1. The molecule has 1 unspecified atom stereocenters. The maximum absolute atomic E-state index is 13.3. The van der Waals surface area contributed by atoms with Gasteiger partial charge < -0.3 is 14.8 Å². The summed E-state index contributed by atoms with van der Waals surface area (Å²) in [5.74, 6) is -1.35. The highest BCUT2D eigenvalue weighted by atomic mass is 79.9. The third kappa shape index (κ3) is 5.99. The van der Waals surface area contributed by atoms with Crippen molar-refractivity contribution in [3.8, 4) is 17.5 Å². The summed E-state index contributed by atoms with van der Waals surface area (Å²) in [6.45, 7) is 0. The number of carbonyl (C=O) groups is 1. The van der Waals surface area contributed by atoms with Gasteiger partial charge in [-0.1, -0.05) is 6.07 Å². The molecule has 0 aliphatic carbocycles. The number of aromatic nitrogens is 2. The van der Waals surface area contributed by atoms with E-state index in [0.717, 1.165) is 0 Å². The van der Waals surface area contributed by atoms with Crippen LogP contribution in [0.5, 0.6) is 17.5 Å². The van der Waals surface area contributed by atoms with Crippen LogP contribution < -0.4 is 14.8 Å². The molecule has 0 saturated carbocycles. The second-order valence-electron chi connectivity index (χ2n) is 6.64. The van der Waals surface area contributed by atoms with Crippen molar-refractivity contribution in [1.82, 2.24) is 9.97 Å². The molecular weight excluding hydrogens is 529 g/mol. The first-order valence-electron chi connectivity index (χ1n) is 8.99. The van der Waals surface area contributed by atoms with Gasteiger partial charge in [-0.05, 0) is 52.3 Å². The highest BCUT2D eigenvalue weighted by molar-refractivity contribution is 9.10. The second-order valence-corrected chi connectivity index (χ2v) is 9.61. The number of alkyl halides is 3. The fraction of sp³-hybridized carbons (Fsp3) is 0.150. The quantitative estimate of drug-likeness (QED) is 0.404. The molecule has 33 heavy (non-hydrogen) atoms. The van der Waals surface area contributed by atoms with Crippen LogP contribution in [0.1, 0.15) is 15.9 Å². The zero-order chi connectivity index (χ0) is 24.4. The zero-order valence-corrected chi connectivity index (χ0v) is 19.5. The first-order valence-corrected chi connectivity index (χ1v) is 11.8. The minimum absolute atomic E-state index is 0.0123. The van der Waals surface area contributed by atoms with Gasteiger partial charge in [0.15, 0.2) is 5.75 Å². The Morgan fingerprint density at radius 3 is 2.55 bits per heavy atom. The smallest absolute Gasteiger partial charge is 0.417 e. The van der Waals surface area contributed by atoms with E-state index in [0.29, 0.717) is 16.9 Å². The lowest BCUT2D eigenvalue weighted by Crippen LogP contribution is -2.16. The number of hydrogen-bond acceptors (Lipinski definition) is 7. The summed E-state index contributed by atoms with van der Waals surface area (Å²) in [6, 6.07) is 9.20. The van der Waals surface area contributed by atoms with E-state index in [1.54, 1.807) is 0 Å². The molecule has 0 bridgehead atoms. The molecule has 1 aromatic carbocycles. The molecule has 0 spiro atoms. The van der Waals surface area contributed by atoms with Gasteiger partial charge in [0.2, 0.25) is 5.88 Å². The predicted molar refractivity (Wildman–Crippen MR) is 117 cm³/mol. The molecule has 3 rings (SSSR count). The number of amides is 1. The summed E-state index contributed by atoms with van der Waals surface area (Å²) in [4.78, 5) is 20.8. The minimum atomic E-state index is -4.75. The third-order valence-corrected chi connectivity index (χ3v) is 5.75. The van der Waals surface area contributed by atoms with Gasteiger partial charge in [0.1, 0.15) is 10.2 Å². The van der Waals surface area contributed by atoms with Gasteiger partial charge in [-0.3, -0.25) is 4.79 Å². The second kappa shape index (κ2) is 9.35. The normalized spacial score (nSPS) is 13.2. The van der Waals surface area contributed by atoms with E-state index in [1.165, 1.54) is 49.8 Å². The van der Waals surface area contributed by atoms with Crippen LogP contribution in [-0.2, 0) is 15.9 Å². The van der Waals surface area contributed by atoms with Crippen LogP contribution in [0.4, 0.5) is 18.9 Å². The average molecular weight is 545 g/mol. The molecule has 174 valence electrons. The van der Waals surface area contributed by atoms with E-state index in [2.05, 4.69) is 31.2 Å². The summed E-state index contributed by atoms with van der Waals surface area (Å²) in [5.41, 5.74) is -1.54. The fourth-order valence-corrected chi connectivity index (χ4v) is 3.58. The first kappa shape index (κ1) is 24.5. The lowest BCUT2D eigenvalue weighted by Gasteiger charge is -2.15. The molecule has 0 aliphatic rings. The molecule has 0 radical (unpaired) electrons. The van der Waals surface area contributed by atoms with Crippen molar-refractivity contribution in [3.63, 3.8) is 0 Å². The van der Waals surface area contributed by atoms with Gasteiger partial charge in [-0.15, -0.1) is 0 Å². The fourth-order valence-electron chi connectivity index (χ4n) is 2.60. The lowest BCUT2D eigenvalue weighted by atomic mass is 10.1. The van der Waals surface area contributed by atoms with Crippen molar-refractivity contribution in [2.24, 2.45) is 0 Å². The maximum atomic E-state index is 13.3. The van der Waals surface area contributed by atoms with E-state index in [9.17, 15) is 22.2 Å². The third-order valence-electron chi connectivity index (χ3n) is 4.16. The zero-order valence-electron chi connectivity index (χ0n) is 17.1. The summed E-state index contributed by atoms with van der Waals surface area (Å²) in [7, 11) is -1.75. The van der Waals surface area contributed by atoms with Crippen LogP contribution in [0.25, 0.3) is 0 Å². The molecular formula is C20H16BrF3N4O4S. The standard InChI is InChI=1S/C20H16BrF3N4O4S/c1-31-19-15(6-7-16(21)28-19)32-18-14(8-11(10-26-18)20(22,23)24)17(29)27-12-4-3-5-13(9-12)33(2,25)30/h3-10,25H,1-2H3,(H,27,29). The Morgan fingerprint density at radius 1 is 1.18 bits per heavy atom. The van der Waals surface area contributed by atoms with E-state index < -0.39 is 38.8 Å². The summed E-state index contributed by atoms with van der Waals surface area (Å²) in [5, 5.41) is 2.42. The molecule has 0 saturated heterocycles. The Labute approximate surface area is 195 Å². The van der Waals surface area contributed by atoms with Gasteiger partial charge in [-0.2, -0.15) is 13.2 Å². The van der Waals surface area contributed by atoms with Gasteiger partial charge >= 0.3 is 6.18 Å². The summed E-state index contributed by atoms with van der Waals surface area (Å²) >= 11 is 3.16. The van der Waals surface area contributed by atoms with E-state index >= 15 is 0 Å². The molecule has 0 aliphatic heterocycles. The molecule has 1 atom stereocenters. The van der Waals surface area contributed by atoms with Crippen molar-refractivity contribution in [2.75, 3.05) is 18.7 Å². The van der Waals surface area contributed by atoms with Gasteiger partial charge in [0, 0.05) is 23.0 Å². The average Bonchev–Trinajstić information content (AvgIpc) is 2.74. The molecule has 1 amide bonds. The van der Waals surface area contributed by atoms with E-state index in [4.69, 9.17) is 14.3 Å². The number of benzene rings is 1. The van der Waals surface area contributed by atoms with Crippen molar-refractivity contribution < 1.29 is 31.6 Å². The van der Waals surface area contributed by atoms with Gasteiger partial charge in [-0.25, -0.2) is 19.0 Å². The Hall–Kier alpha value is -3.19. The maximum Gasteiger partial charge on any atom is 0.417 e. The van der Waals surface area contributed by atoms with Crippen molar-refractivity contribution in [2.45, 2.75) is 11.1 Å². The number of anilines is 1. The van der Waals surface area contributed by atoms with E-state index in [-0.39, 0.29) is 22.2 Å². The number of ether oxygens (including phenoxy) is 2. The van der Waals surface area contributed by atoms with E-state index in [1.807, 2.05) is 0 Å². The van der Waals surface area contributed by atoms with Crippen LogP contribution in [-0.4, -0.2) is 33.4 Å². The van der Waals surface area contributed by atoms with Crippen LogP contribution >= 0.6 is 15.9 Å². The molecule has 2 heterocycles. The van der Waals surface area contributed by atoms with Crippen molar-refractivity contribution >= 4 is 37.3 Å². The molecule has 2 aromatic heterocycles. The molecule has 0 fully saturated rings. The Kier molecular flexibility index (Phi) is 6.93.